The lowest BCUT2D eigenvalue weighted by atomic mass is 10.0. The molecule has 1 aliphatic heterocycles. The second kappa shape index (κ2) is 3.06. The van der Waals surface area contributed by atoms with Crippen molar-refractivity contribution in [1.82, 2.24) is 0 Å². The van der Waals surface area contributed by atoms with E-state index in [1.165, 1.54) is 0 Å². The first-order valence-electron chi connectivity index (χ1n) is 3.97. The van der Waals surface area contributed by atoms with Crippen LogP contribution in [0.4, 0.5) is 0 Å². The van der Waals surface area contributed by atoms with Crippen LogP contribution in [0.1, 0.15) is 5.56 Å². The Morgan fingerprint density at radius 3 is 2.92 bits per heavy atom. The Morgan fingerprint density at radius 1 is 1.38 bits per heavy atom. The maximum Gasteiger partial charge on any atom is 0.260 e. The van der Waals surface area contributed by atoms with E-state index in [0.717, 1.165) is 5.56 Å². The Bertz CT molecular complexity index is 348. The number of ether oxygens (including phenoxy) is 1. The molecule has 0 aromatic heterocycles. The number of oxime groups is 1. The van der Waals surface area contributed by atoms with Crippen molar-refractivity contribution in [2.24, 2.45) is 5.16 Å². The summed E-state index contributed by atoms with van der Waals surface area (Å²) in [6.07, 6.45) is -0.421. The van der Waals surface area contributed by atoms with Gasteiger partial charge in [-0.1, -0.05) is 23.4 Å². The minimum absolute atomic E-state index is 0.0429. The Hall–Kier alpha value is -1.55. The molecule has 1 unspecified atom stereocenters. The summed E-state index contributed by atoms with van der Waals surface area (Å²) in [5.74, 6) is 0.597. The maximum atomic E-state index is 9.40. The highest BCUT2D eigenvalue weighted by molar-refractivity contribution is 5.84. The number of fused-ring (bicyclic) bond motifs is 1. The third-order valence-corrected chi connectivity index (χ3v) is 1.98. The molecule has 0 radical (unpaired) electrons. The minimum atomic E-state index is -0.847. The van der Waals surface area contributed by atoms with Crippen LogP contribution >= 0.6 is 0 Å². The first-order valence-corrected chi connectivity index (χ1v) is 3.97. The van der Waals surface area contributed by atoms with E-state index in [-0.39, 0.29) is 5.90 Å². The molecular weight excluding hydrogens is 170 g/mol. The van der Waals surface area contributed by atoms with Gasteiger partial charge in [-0.25, -0.2) is 0 Å². The standard InChI is InChI=1S/C9H9NO3/c11-7-5-6-3-1-2-4-8(6)13-9(7)10-12/h1-4,7,11-12H,5H2/b10-9+. The molecule has 1 aliphatic rings. The highest BCUT2D eigenvalue weighted by Gasteiger charge is 2.24. The number of rotatable bonds is 0. The molecular formula is C9H9NO3. The zero-order valence-electron chi connectivity index (χ0n) is 6.84. The molecule has 0 fully saturated rings. The number of benzene rings is 1. The van der Waals surface area contributed by atoms with Gasteiger partial charge in [0.2, 0.25) is 0 Å². The summed E-state index contributed by atoms with van der Waals surface area (Å²) >= 11 is 0. The smallest absolute Gasteiger partial charge is 0.260 e. The van der Waals surface area contributed by atoms with Gasteiger partial charge >= 0.3 is 0 Å². The van der Waals surface area contributed by atoms with Crippen LogP contribution in [0.2, 0.25) is 0 Å². The molecule has 1 heterocycles. The van der Waals surface area contributed by atoms with Gasteiger partial charge in [0.15, 0.2) is 0 Å². The molecule has 0 saturated carbocycles. The molecule has 0 bridgehead atoms. The molecule has 68 valence electrons. The second-order valence-corrected chi connectivity index (χ2v) is 2.87. The van der Waals surface area contributed by atoms with E-state index in [1.54, 1.807) is 6.07 Å². The average Bonchev–Trinajstić information content (AvgIpc) is 2.17. The summed E-state index contributed by atoms with van der Waals surface area (Å²) in [6, 6.07) is 7.33. The number of para-hydroxylation sites is 1. The Kier molecular flexibility index (Phi) is 1.90. The highest BCUT2D eigenvalue weighted by atomic mass is 16.5. The number of hydrogen-bond donors (Lipinski definition) is 2. The number of nitrogens with zero attached hydrogens (tertiary/aromatic N) is 1. The van der Waals surface area contributed by atoms with E-state index in [2.05, 4.69) is 5.16 Å². The maximum absolute atomic E-state index is 9.40. The quantitative estimate of drug-likeness (QED) is 0.456. The van der Waals surface area contributed by atoms with Gasteiger partial charge < -0.3 is 15.1 Å². The van der Waals surface area contributed by atoms with Crippen molar-refractivity contribution in [3.05, 3.63) is 29.8 Å². The monoisotopic (exact) mass is 179 g/mol. The molecule has 13 heavy (non-hydrogen) atoms. The summed E-state index contributed by atoms with van der Waals surface area (Å²) in [6.45, 7) is 0. The summed E-state index contributed by atoms with van der Waals surface area (Å²) in [5.41, 5.74) is 0.919. The van der Waals surface area contributed by atoms with Crippen molar-refractivity contribution >= 4 is 5.90 Å². The van der Waals surface area contributed by atoms with E-state index in [4.69, 9.17) is 9.94 Å². The highest BCUT2D eigenvalue weighted by Crippen LogP contribution is 2.24. The summed E-state index contributed by atoms with van der Waals surface area (Å²) in [7, 11) is 0. The van der Waals surface area contributed by atoms with Crippen LogP contribution in [0.25, 0.3) is 0 Å². The SMILES string of the molecule is O/N=C1/Oc2ccccc2CC1O. The van der Waals surface area contributed by atoms with E-state index in [1.807, 2.05) is 18.2 Å². The lowest BCUT2D eigenvalue weighted by Crippen LogP contribution is -2.32. The third-order valence-electron chi connectivity index (χ3n) is 1.98. The third kappa shape index (κ3) is 1.36. The minimum Gasteiger partial charge on any atom is -0.437 e. The zero-order chi connectivity index (χ0) is 9.26. The van der Waals surface area contributed by atoms with E-state index < -0.39 is 6.10 Å². The average molecular weight is 179 g/mol. The van der Waals surface area contributed by atoms with Crippen molar-refractivity contribution in [2.45, 2.75) is 12.5 Å². The molecule has 1 aromatic carbocycles. The van der Waals surface area contributed by atoms with Crippen molar-refractivity contribution in [3.8, 4) is 5.75 Å². The van der Waals surface area contributed by atoms with Crippen molar-refractivity contribution in [1.29, 1.82) is 0 Å². The fourth-order valence-corrected chi connectivity index (χ4v) is 1.34. The van der Waals surface area contributed by atoms with Crippen molar-refractivity contribution < 1.29 is 15.1 Å². The molecule has 0 saturated heterocycles. The first-order chi connectivity index (χ1) is 6.31. The predicted molar refractivity (Wildman–Crippen MR) is 46.0 cm³/mol. The van der Waals surface area contributed by atoms with Crippen LogP contribution in [0.5, 0.6) is 5.75 Å². The zero-order valence-corrected chi connectivity index (χ0v) is 6.84. The van der Waals surface area contributed by atoms with Gasteiger partial charge in [0.05, 0.1) is 0 Å². The van der Waals surface area contributed by atoms with Crippen LogP contribution in [-0.4, -0.2) is 22.3 Å². The number of aliphatic hydroxyl groups is 1. The molecule has 2 N–H and O–H groups in total. The lowest BCUT2D eigenvalue weighted by Gasteiger charge is -2.21. The van der Waals surface area contributed by atoms with Crippen molar-refractivity contribution in [2.75, 3.05) is 0 Å². The molecule has 0 amide bonds. The summed E-state index contributed by atoms with van der Waals surface area (Å²) < 4.78 is 5.14. The second-order valence-electron chi connectivity index (χ2n) is 2.87. The van der Waals surface area contributed by atoms with Gasteiger partial charge in [0, 0.05) is 6.42 Å². The molecule has 0 aliphatic carbocycles. The van der Waals surface area contributed by atoms with Gasteiger partial charge in [-0.3, -0.25) is 0 Å². The van der Waals surface area contributed by atoms with E-state index >= 15 is 0 Å². The largest absolute Gasteiger partial charge is 0.437 e. The molecule has 4 heteroatoms. The topological polar surface area (TPSA) is 62.1 Å². The Balaban J connectivity index is 2.38. The molecule has 0 spiro atoms. The first kappa shape index (κ1) is 8.07. The lowest BCUT2D eigenvalue weighted by molar-refractivity contribution is 0.193. The van der Waals surface area contributed by atoms with Gasteiger partial charge in [-0.15, -0.1) is 0 Å². The number of hydrogen-bond acceptors (Lipinski definition) is 4. The number of aliphatic hydroxyl groups excluding tert-OH is 1. The summed E-state index contributed by atoms with van der Waals surface area (Å²) in [4.78, 5) is 0. The fraction of sp³-hybridized carbons (Fsp3) is 0.222. The van der Waals surface area contributed by atoms with Crippen LogP contribution in [-0.2, 0) is 6.42 Å². The normalized spacial score (nSPS) is 23.8. The van der Waals surface area contributed by atoms with Gasteiger partial charge in [-0.2, -0.15) is 0 Å². The van der Waals surface area contributed by atoms with Crippen LogP contribution < -0.4 is 4.74 Å². The molecule has 2 rings (SSSR count). The van der Waals surface area contributed by atoms with E-state index in [0.29, 0.717) is 12.2 Å². The van der Waals surface area contributed by atoms with Gasteiger partial charge in [0.1, 0.15) is 11.9 Å². The molecule has 1 atom stereocenters. The van der Waals surface area contributed by atoms with Crippen LogP contribution in [0.15, 0.2) is 29.4 Å². The van der Waals surface area contributed by atoms with Crippen LogP contribution in [0, 0.1) is 0 Å². The fourth-order valence-electron chi connectivity index (χ4n) is 1.34. The van der Waals surface area contributed by atoms with Gasteiger partial charge in [0.25, 0.3) is 5.90 Å². The van der Waals surface area contributed by atoms with Crippen molar-refractivity contribution in [3.63, 3.8) is 0 Å². The molecule has 1 aromatic rings. The molecule has 4 nitrogen and oxygen atoms in total. The predicted octanol–water partition coefficient (Wildman–Crippen LogP) is 0.770. The summed E-state index contributed by atoms with van der Waals surface area (Å²) in [5, 5.41) is 20.8. The van der Waals surface area contributed by atoms with Gasteiger partial charge in [-0.05, 0) is 11.6 Å². The Labute approximate surface area is 75.1 Å². The van der Waals surface area contributed by atoms with E-state index in [9.17, 15) is 5.11 Å². The van der Waals surface area contributed by atoms with Crippen LogP contribution in [0.3, 0.4) is 0 Å². The Morgan fingerprint density at radius 2 is 2.15 bits per heavy atom.